The van der Waals surface area contributed by atoms with Crippen LogP contribution in [0.4, 0.5) is 0 Å². The third kappa shape index (κ3) is 4.99. The molecular formula is C18H31N. The lowest BCUT2D eigenvalue weighted by atomic mass is 9.78. The summed E-state index contributed by atoms with van der Waals surface area (Å²) >= 11 is 0. The van der Waals surface area contributed by atoms with E-state index in [1.165, 1.54) is 37.7 Å². The van der Waals surface area contributed by atoms with Crippen molar-refractivity contribution in [2.24, 2.45) is 5.92 Å². The van der Waals surface area contributed by atoms with Gasteiger partial charge in [0.25, 0.3) is 0 Å². The number of hydrogen-bond donors (Lipinski definition) is 1. The van der Waals surface area contributed by atoms with Crippen LogP contribution < -0.4 is 5.32 Å². The van der Waals surface area contributed by atoms with Crippen LogP contribution in [-0.4, -0.2) is 13.1 Å². The number of likely N-dealkylation sites (N-methyl/N-ethyl adjacent to an activating group) is 1. The van der Waals surface area contributed by atoms with Crippen molar-refractivity contribution in [2.45, 2.75) is 64.8 Å². The summed E-state index contributed by atoms with van der Waals surface area (Å²) in [5.41, 5.74) is 1.49. The largest absolute Gasteiger partial charge is 0.316 e. The van der Waals surface area contributed by atoms with Gasteiger partial charge in [-0.2, -0.15) is 0 Å². The first-order valence-electron chi connectivity index (χ1n) is 7.96. The molecule has 1 nitrogen and oxygen atoms in total. The molecule has 3 atom stereocenters. The summed E-state index contributed by atoms with van der Waals surface area (Å²) in [5, 5.41) is 3.57. The molecular weight excluding hydrogens is 230 g/mol. The highest BCUT2D eigenvalue weighted by Crippen LogP contribution is 2.32. The summed E-state index contributed by atoms with van der Waals surface area (Å²) in [6.45, 7) is 6.97. The summed E-state index contributed by atoms with van der Waals surface area (Å²) in [7, 11) is 2.12. The third-order valence-electron chi connectivity index (χ3n) is 4.36. The van der Waals surface area contributed by atoms with E-state index in [2.05, 4.69) is 63.5 Å². The molecule has 1 aromatic rings. The summed E-state index contributed by atoms with van der Waals surface area (Å²) in [6, 6.07) is 11.6. The van der Waals surface area contributed by atoms with E-state index < -0.39 is 0 Å². The monoisotopic (exact) mass is 261 g/mol. The molecule has 0 heterocycles. The smallest absolute Gasteiger partial charge is 0.0135 e. The molecule has 19 heavy (non-hydrogen) atoms. The molecule has 1 rings (SSSR count). The Balaban J connectivity index is 2.82. The Morgan fingerprint density at radius 2 is 1.74 bits per heavy atom. The van der Waals surface area contributed by atoms with Gasteiger partial charge in [0.05, 0.1) is 0 Å². The number of nitrogens with one attached hydrogen (secondary N) is 1. The highest BCUT2D eigenvalue weighted by atomic mass is 14.9. The lowest BCUT2D eigenvalue weighted by Gasteiger charge is -2.32. The Kier molecular flexibility index (Phi) is 7.81. The fourth-order valence-corrected chi connectivity index (χ4v) is 3.00. The average molecular weight is 261 g/mol. The molecule has 0 spiro atoms. The van der Waals surface area contributed by atoms with Crippen LogP contribution >= 0.6 is 0 Å². The Labute approximate surface area is 119 Å². The Morgan fingerprint density at radius 1 is 1.05 bits per heavy atom. The maximum Gasteiger partial charge on any atom is 0.0135 e. The lowest BCUT2D eigenvalue weighted by molar-refractivity contribution is 0.327. The van der Waals surface area contributed by atoms with Crippen LogP contribution in [0.2, 0.25) is 0 Å². The van der Waals surface area contributed by atoms with E-state index in [1.807, 2.05) is 0 Å². The normalized spacial score (nSPS) is 16.0. The molecule has 1 aromatic carbocycles. The predicted octanol–water partition coefficient (Wildman–Crippen LogP) is 4.98. The minimum Gasteiger partial charge on any atom is -0.316 e. The van der Waals surface area contributed by atoms with Gasteiger partial charge in [-0.3, -0.25) is 0 Å². The zero-order valence-corrected chi connectivity index (χ0v) is 13.2. The highest BCUT2D eigenvalue weighted by Gasteiger charge is 2.25. The van der Waals surface area contributed by atoms with Crippen LogP contribution in [0.1, 0.15) is 64.4 Å². The molecule has 0 aliphatic carbocycles. The summed E-state index contributed by atoms with van der Waals surface area (Å²) < 4.78 is 0. The first-order valence-corrected chi connectivity index (χ1v) is 7.96. The number of unbranched alkanes of at least 4 members (excludes halogenated alkanes) is 2. The number of rotatable bonds is 9. The maximum atomic E-state index is 3.57. The molecule has 0 aromatic heterocycles. The molecule has 0 amide bonds. The van der Waals surface area contributed by atoms with Gasteiger partial charge in [0.15, 0.2) is 0 Å². The van der Waals surface area contributed by atoms with Crippen molar-refractivity contribution in [3.05, 3.63) is 35.9 Å². The van der Waals surface area contributed by atoms with Crippen molar-refractivity contribution in [1.82, 2.24) is 5.32 Å². The molecule has 3 unspecified atom stereocenters. The highest BCUT2D eigenvalue weighted by molar-refractivity contribution is 5.22. The van der Waals surface area contributed by atoms with Crippen LogP contribution in [0.15, 0.2) is 30.3 Å². The van der Waals surface area contributed by atoms with Crippen molar-refractivity contribution in [3.63, 3.8) is 0 Å². The second-order valence-corrected chi connectivity index (χ2v) is 5.71. The first-order chi connectivity index (χ1) is 9.24. The maximum absolute atomic E-state index is 3.57. The van der Waals surface area contributed by atoms with Gasteiger partial charge in [-0.1, -0.05) is 76.8 Å². The Hall–Kier alpha value is -0.820. The van der Waals surface area contributed by atoms with E-state index >= 15 is 0 Å². The minimum atomic E-state index is 0.601. The van der Waals surface area contributed by atoms with Crippen molar-refractivity contribution in [1.29, 1.82) is 0 Å². The minimum absolute atomic E-state index is 0.601. The van der Waals surface area contributed by atoms with Crippen molar-refractivity contribution in [3.8, 4) is 0 Å². The van der Waals surface area contributed by atoms with Crippen molar-refractivity contribution >= 4 is 0 Å². The van der Waals surface area contributed by atoms with Crippen molar-refractivity contribution in [2.75, 3.05) is 7.05 Å². The van der Waals surface area contributed by atoms with Crippen LogP contribution in [0, 0.1) is 5.92 Å². The average Bonchev–Trinajstić information content (AvgIpc) is 2.47. The molecule has 0 saturated carbocycles. The molecule has 0 aliphatic rings. The molecule has 0 saturated heterocycles. The predicted molar refractivity (Wildman–Crippen MR) is 85.6 cm³/mol. The van der Waals surface area contributed by atoms with E-state index in [-0.39, 0.29) is 0 Å². The van der Waals surface area contributed by atoms with Gasteiger partial charge in [-0.05, 0) is 24.9 Å². The summed E-state index contributed by atoms with van der Waals surface area (Å²) in [4.78, 5) is 0. The fraction of sp³-hybridized carbons (Fsp3) is 0.667. The second kappa shape index (κ2) is 9.14. The van der Waals surface area contributed by atoms with Gasteiger partial charge in [-0.15, -0.1) is 0 Å². The van der Waals surface area contributed by atoms with Crippen LogP contribution in [0.25, 0.3) is 0 Å². The van der Waals surface area contributed by atoms with Gasteiger partial charge >= 0.3 is 0 Å². The van der Waals surface area contributed by atoms with Gasteiger partial charge in [-0.25, -0.2) is 0 Å². The second-order valence-electron chi connectivity index (χ2n) is 5.71. The zero-order valence-electron chi connectivity index (χ0n) is 13.2. The Bertz CT molecular complexity index is 320. The van der Waals surface area contributed by atoms with Crippen molar-refractivity contribution < 1.29 is 0 Å². The number of hydrogen-bond acceptors (Lipinski definition) is 1. The van der Waals surface area contributed by atoms with E-state index in [0.29, 0.717) is 12.0 Å². The van der Waals surface area contributed by atoms with E-state index in [9.17, 15) is 0 Å². The first kappa shape index (κ1) is 16.2. The van der Waals surface area contributed by atoms with Gasteiger partial charge in [0.1, 0.15) is 0 Å². The van der Waals surface area contributed by atoms with Crippen LogP contribution in [0.5, 0.6) is 0 Å². The third-order valence-corrected chi connectivity index (χ3v) is 4.36. The lowest BCUT2D eigenvalue weighted by Crippen LogP contribution is -2.35. The zero-order chi connectivity index (χ0) is 14.1. The molecule has 0 radical (unpaired) electrons. The Morgan fingerprint density at radius 3 is 2.26 bits per heavy atom. The quantitative estimate of drug-likeness (QED) is 0.618. The summed E-state index contributed by atoms with van der Waals surface area (Å²) in [5.74, 6) is 1.36. The van der Waals surface area contributed by atoms with Crippen LogP contribution in [-0.2, 0) is 0 Å². The standard InChI is InChI=1S/C18H31N/c1-5-7-9-14-17(19-4)18(15(3)6-2)16-12-10-8-11-13-16/h8,10-13,15,17-19H,5-7,9,14H2,1-4H3. The van der Waals surface area contributed by atoms with E-state index in [4.69, 9.17) is 0 Å². The number of benzene rings is 1. The molecule has 0 aliphatic heterocycles. The summed E-state index contributed by atoms with van der Waals surface area (Å²) in [6.07, 6.45) is 6.51. The molecule has 108 valence electrons. The van der Waals surface area contributed by atoms with E-state index in [0.717, 1.165) is 5.92 Å². The van der Waals surface area contributed by atoms with Gasteiger partial charge in [0.2, 0.25) is 0 Å². The molecule has 0 bridgehead atoms. The van der Waals surface area contributed by atoms with Gasteiger partial charge in [0, 0.05) is 12.0 Å². The van der Waals surface area contributed by atoms with Gasteiger partial charge < -0.3 is 5.32 Å². The van der Waals surface area contributed by atoms with Crippen LogP contribution in [0.3, 0.4) is 0 Å². The fourth-order valence-electron chi connectivity index (χ4n) is 3.00. The molecule has 1 heteroatoms. The topological polar surface area (TPSA) is 12.0 Å². The molecule has 0 fully saturated rings. The van der Waals surface area contributed by atoms with E-state index in [1.54, 1.807) is 0 Å². The molecule has 1 N–H and O–H groups in total. The SMILES string of the molecule is CCCCCC(NC)C(c1ccccc1)C(C)CC.